The quantitative estimate of drug-likeness (QED) is 0.272. The van der Waals surface area contributed by atoms with Crippen molar-refractivity contribution in [3.05, 3.63) is 87.1 Å². The molecule has 0 spiro atoms. The zero-order chi connectivity index (χ0) is 32.5. The Hall–Kier alpha value is -4.94. The normalized spacial score (nSPS) is 17.4. The summed E-state index contributed by atoms with van der Waals surface area (Å²) >= 11 is 0. The van der Waals surface area contributed by atoms with Gasteiger partial charge >= 0.3 is 12.2 Å². The van der Waals surface area contributed by atoms with Gasteiger partial charge in [0.05, 0.1) is 22.7 Å². The number of nitrogens with zero attached hydrogens (tertiary/aromatic N) is 5. The molecule has 13 heteroatoms. The van der Waals surface area contributed by atoms with Crippen molar-refractivity contribution in [2.45, 2.75) is 77.8 Å². The Morgan fingerprint density at radius 1 is 1.07 bits per heavy atom. The SMILES string of the molecule is CC(C)(C)OC(=O)N1Cc2c(NC3CCCN(C(=O)c4ccc([N+](=O)[O-])cc4)C3)nn(C(=O)OCc3ccccc3)c2C1(C)C. The van der Waals surface area contributed by atoms with E-state index in [1.54, 1.807) is 30.6 Å². The van der Waals surface area contributed by atoms with Crippen LogP contribution in [0.4, 0.5) is 21.1 Å². The third-order valence-corrected chi connectivity index (χ3v) is 7.92. The topological polar surface area (TPSA) is 149 Å². The molecule has 1 unspecified atom stereocenters. The highest BCUT2D eigenvalue weighted by atomic mass is 16.6. The number of fused-ring (bicyclic) bond motifs is 1. The van der Waals surface area contributed by atoms with Crippen LogP contribution in [0.1, 0.15) is 74.6 Å². The van der Waals surface area contributed by atoms with E-state index in [4.69, 9.17) is 9.47 Å². The van der Waals surface area contributed by atoms with E-state index in [9.17, 15) is 24.5 Å². The number of amides is 2. The molecule has 2 aliphatic heterocycles. The van der Waals surface area contributed by atoms with E-state index < -0.39 is 28.2 Å². The first kappa shape index (κ1) is 31.5. The minimum atomic E-state index is -0.957. The molecule has 2 amide bonds. The molecule has 3 heterocycles. The van der Waals surface area contributed by atoms with E-state index in [1.165, 1.54) is 28.9 Å². The molecular formula is C32H38N6O7. The lowest BCUT2D eigenvalue weighted by Crippen LogP contribution is -2.45. The number of likely N-dealkylation sites (tertiary alicyclic amines) is 1. The molecule has 5 rings (SSSR count). The fourth-order valence-electron chi connectivity index (χ4n) is 5.73. The van der Waals surface area contributed by atoms with Crippen molar-refractivity contribution in [2.75, 3.05) is 18.4 Å². The smallest absolute Gasteiger partial charge is 0.435 e. The van der Waals surface area contributed by atoms with E-state index in [0.29, 0.717) is 42.1 Å². The Bertz CT molecular complexity index is 1590. The van der Waals surface area contributed by atoms with Crippen LogP contribution in [0.5, 0.6) is 0 Å². The molecule has 238 valence electrons. The highest BCUT2D eigenvalue weighted by Crippen LogP contribution is 2.43. The first-order chi connectivity index (χ1) is 21.2. The van der Waals surface area contributed by atoms with Crippen LogP contribution in [-0.2, 0) is 28.2 Å². The Kier molecular flexibility index (Phi) is 8.55. The summed E-state index contributed by atoms with van der Waals surface area (Å²) < 4.78 is 12.5. The van der Waals surface area contributed by atoms with Gasteiger partial charge in [0.15, 0.2) is 5.82 Å². The lowest BCUT2D eigenvalue weighted by atomic mass is 10.00. The molecule has 13 nitrogen and oxygen atoms in total. The monoisotopic (exact) mass is 618 g/mol. The Morgan fingerprint density at radius 3 is 2.40 bits per heavy atom. The number of non-ortho nitro benzene ring substituents is 1. The van der Waals surface area contributed by atoms with Crippen LogP contribution in [0.2, 0.25) is 0 Å². The van der Waals surface area contributed by atoms with Crippen molar-refractivity contribution in [3.8, 4) is 0 Å². The lowest BCUT2D eigenvalue weighted by Gasteiger charge is -2.34. The largest absolute Gasteiger partial charge is 0.444 e. The van der Waals surface area contributed by atoms with Gasteiger partial charge in [-0.3, -0.25) is 19.8 Å². The van der Waals surface area contributed by atoms with Gasteiger partial charge in [-0.15, -0.1) is 5.10 Å². The van der Waals surface area contributed by atoms with Gasteiger partial charge in [-0.25, -0.2) is 9.59 Å². The minimum Gasteiger partial charge on any atom is -0.444 e. The van der Waals surface area contributed by atoms with E-state index >= 15 is 0 Å². The fraction of sp³-hybridized carbons (Fsp3) is 0.438. The molecule has 1 aromatic heterocycles. The molecule has 1 saturated heterocycles. The van der Waals surface area contributed by atoms with Gasteiger partial charge in [-0.1, -0.05) is 30.3 Å². The molecule has 0 radical (unpaired) electrons. The number of rotatable bonds is 6. The molecule has 1 N–H and O–H groups in total. The van der Waals surface area contributed by atoms with Gasteiger partial charge < -0.3 is 19.7 Å². The van der Waals surface area contributed by atoms with Crippen molar-refractivity contribution in [1.82, 2.24) is 19.6 Å². The summed E-state index contributed by atoms with van der Waals surface area (Å²) in [5.41, 5.74) is 0.612. The molecular weight excluding hydrogens is 580 g/mol. The van der Waals surface area contributed by atoms with E-state index in [0.717, 1.165) is 12.0 Å². The van der Waals surface area contributed by atoms with Crippen LogP contribution in [0.25, 0.3) is 0 Å². The molecule has 1 atom stereocenters. The second-order valence-electron chi connectivity index (χ2n) is 12.8. The summed E-state index contributed by atoms with van der Waals surface area (Å²) in [6.07, 6.45) is 0.259. The van der Waals surface area contributed by atoms with Crippen LogP contribution >= 0.6 is 0 Å². The van der Waals surface area contributed by atoms with Gasteiger partial charge in [-0.2, -0.15) is 4.68 Å². The predicted molar refractivity (Wildman–Crippen MR) is 165 cm³/mol. The van der Waals surface area contributed by atoms with Crippen molar-refractivity contribution in [3.63, 3.8) is 0 Å². The average molecular weight is 619 g/mol. The second kappa shape index (κ2) is 12.2. The Balaban J connectivity index is 1.39. The minimum absolute atomic E-state index is 0.0512. The lowest BCUT2D eigenvalue weighted by molar-refractivity contribution is -0.384. The molecule has 0 bridgehead atoms. The molecule has 1 fully saturated rings. The number of carbonyl (C=O) groups excluding carboxylic acids is 3. The van der Waals surface area contributed by atoms with E-state index in [-0.39, 0.29) is 30.8 Å². The zero-order valence-corrected chi connectivity index (χ0v) is 26.1. The Morgan fingerprint density at radius 2 is 1.76 bits per heavy atom. The predicted octanol–water partition coefficient (Wildman–Crippen LogP) is 5.68. The van der Waals surface area contributed by atoms with Gasteiger partial charge in [0, 0.05) is 42.4 Å². The highest BCUT2D eigenvalue weighted by molar-refractivity contribution is 5.94. The number of nitrogens with one attached hydrogen (secondary N) is 1. The fourth-order valence-corrected chi connectivity index (χ4v) is 5.73. The van der Waals surface area contributed by atoms with Crippen LogP contribution in [0.15, 0.2) is 54.6 Å². The Labute approximate surface area is 261 Å². The standard InChI is InChI=1S/C32H38N6O7/c1-31(2,3)45-29(40)36-19-25-26(32(36,4)5)37(30(41)44-20-21-10-7-6-8-11-21)34-27(25)33-23-12-9-17-35(18-23)28(39)22-13-15-24(16-14-22)38(42)43/h6-8,10-11,13-16,23H,9,12,17-20H2,1-5H3,(H,33,34). The summed E-state index contributed by atoms with van der Waals surface area (Å²) in [5, 5.41) is 19.1. The maximum absolute atomic E-state index is 13.5. The first-order valence-electron chi connectivity index (χ1n) is 14.9. The summed E-state index contributed by atoms with van der Waals surface area (Å²) in [5.74, 6) is 0.198. The second-order valence-corrected chi connectivity index (χ2v) is 12.8. The van der Waals surface area contributed by atoms with Crippen LogP contribution in [-0.4, -0.2) is 67.3 Å². The molecule has 2 aliphatic rings. The third kappa shape index (κ3) is 6.76. The van der Waals surface area contributed by atoms with Crippen molar-refractivity contribution < 1.29 is 28.8 Å². The van der Waals surface area contributed by atoms with Gasteiger partial charge in [-0.05, 0) is 65.2 Å². The number of aromatic nitrogens is 2. The number of piperidine rings is 1. The zero-order valence-electron chi connectivity index (χ0n) is 26.1. The summed E-state index contributed by atoms with van der Waals surface area (Å²) in [6, 6.07) is 14.7. The molecule has 0 saturated carbocycles. The van der Waals surface area contributed by atoms with Crippen molar-refractivity contribution in [1.29, 1.82) is 0 Å². The first-order valence-corrected chi connectivity index (χ1v) is 14.9. The van der Waals surface area contributed by atoms with Crippen LogP contribution in [0, 0.1) is 10.1 Å². The average Bonchev–Trinajstić information content (AvgIpc) is 3.50. The number of anilines is 1. The number of benzene rings is 2. The highest BCUT2D eigenvalue weighted by Gasteiger charge is 2.48. The number of nitro benzene ring substituents is 1. The molecule has 3 aromatic rings. The molecule has 2 aromatic carbocycles. The van der Waals surface area contributed by atoms with Gasteiger partial charge in [0.1, 0.15) is 12.2 Å². The van der Waals surface area contributed by atoms with Crippen LogP contribution < -0.4 is 5.32 Å². The number of hydrogen-bond acceptors (Lipinski definition) is 9. The molecule has 45 heavy (non-hydrogen) atoms. The number of ether oxygens (including phenoxy) is 2. The number of hydrogen-bond donors (Lipinski definition) is 1. The number of nitro groups is 1. The summed E-state index contributed by atoms with van der Waals surface area (Å²) in [4.78, 5) is 53.8. The third-order valence-electron chi connectivity index (χ3n) is 7.92. The van der Waals surface area contributed by atoms with Crippen LogP contribution in [0.3, 0.4) is 0 Å². The maximum Gasteiger partial charge on any atom is 0.435 e. The van der Waals surface area contributed by atoms with Crippen molar-refractivity contribution >= 4 is 29.6 Å². The maximum atomic E-state index is 13.5. The van der Waals surface area contributed by atoms with Gasteiger partial charge in [0.25, 0.3) is 11.6 Å². The molecule has 0 aliphatic carbocycles. The van der Waals surface area contributed by atoms with E-state index in [1.807, 2.05) is 44.2 Å². The van der Waals surface area contributed by atoms with E-state index in [2.05, 4.69) is 10.4 Å². The number of carbonyl (C=O) groups is 3. The van der Waals surface area contributed by atoms with Crippen molar-refractivity contribution in [2.24, 2.45) is 0 Å². The summed E-state index contributed by atoms with van der Waals surface area (Å²) in [7, 11) is 0. The van der Waals surface area contributed by atoms with Gasteiger partial charge in [0.2, 0.25) is 0 Å². The summed E-state index contributed by atoms with van der Waals surface area (Å²) in [6.45, 7) is 10.2.